The Morgan fingerprint density at radius 1 is 1.44 bits per heavy atom. The highest BCUT2D eigenvalue weighted by molar-refractivity contribution is 7.13. The van der Waals surface area contributed by atoms with Crippen molar-refractivity contribution in [2.45, 2.75) is 13.0 Å². The molecular formula is C13H16FN3S. The van der Waals surface area contributed by atoms with Crippen LogP contribution in [0.5, 0.6) is 0 Å². The van der Waals surface area contributed by atoms with Gasteiger partial charge in [0.2, 0.25) is 0 Å². The molecule has 0 spiro atoms. The molecule has 3 nitrogen and oxygen atoms in total. The minimum atomic E-state index is -0.187. The highest BCUT2D eigenvalue weighted by Gasteiger charge is 2.04. The number of hydrogen-bond acceptors (Lipinski definition) is 4. The Morgan fingerprint density at radius 3 is 2.94 bits per heavy atom. The van der Waals surface area contributed by atoms with Gasteiger partial charge in [0.15, 0.2) is 5.13 Å². The Balaban J connectivity index is 1.83. The molecule has 0 bridgehead atoms. The first kappa shape index (κ1) is 13.0. The first-order chi connectivity index (χ1) is 8.63. The number of rotatable bonds is 5. The standard InChI is InChI=1S/C13H16FN3S/c1-17(6-5-12-9-18-13(15)16-12)8-10-3-2-4-11(14)7-10/h2-4,7,9H,5-6,8H2,1H3,(H2,15,16). The summed E-state index contributed by atoms with van der Waals surface area (Å²) < 4.78 is 13.0. The van der Waals surface area contributed by atoms with Crippen LogP contribution in [0, 0.1) is 5.82 Å². The van der Waals surface area contributed by atoms with Crippen LogP contribution in [-0.2, 0) is 13.0 Å². The first-order valence-corrected chi connectivity index (χ1v) is 6.64. The molecule has 2 rings (SSSR count). The number of likely N-dealkylation sites (N-methyl/N-ethyl adjacent to an activating group) is 1. The molecule has 0 unspecified atom stereocenters. The SMILES string of the molecule is CN(CCc1csc(N)n1)Cc1cccc(F)c1. The van der Waals surface area contributed by atoms with E-state index in [4.69, 9.17) is 5.73 Å². The lowest BCUT2D eigenvalue weighted by Gasteiger charge is -2.15. The quantitative estimate of drug-likeness (QED) is 0.903. The zero-order valence-electron chi connectivity index (χ0n) is 10.3. The van der Waals surface area contributed by atoms with Crippen molar-refractivity contribution < 1.29 is 4.39 Å². The van der Waals surface area contributed by atoms with Crippen LogP contribution in [-0.4, -0.2) is 23.5 Å². The van der Waals surface area contributed by atoms with Crippen molar-refractivity contribution in [1.82, 2.24) is 9.88 Å². The van der Waals surface area contributed by atoms with E-state index in [1.54, 1.807) is 12.1 Å². The van der Waals surface area contributed by atoms with E-state index in [2.05, 4.69) is 9.88 Å². The van der Waals surface area contributed by atoms with Crippen LogP contribution in [0.15, 0.2) is 29.6 Å². The van der Waals surface area contributed by atoms with Gasteiger partial charge in [-0.15, -0.1) is 11.3 Å². The second-order valence-electron chi connectivity index (χ2n) is 4.29. The fourth-order valence-electron chi connectivity index (χ4n) is 1.77. The van der Waals surface area contributed by atoms with Gasteiger partial charge < -0.3 is 10.6 Å². The van der Waals surface area contributed by atoms with Crippen molar-refractivity contribution in [2.24, 2.45) is 0 Å². The molecule has 1 aromatic heterocycles. The van der Waals surface area contributed by atoms with Gasteiger partial charge in [0.25, 0.3) is 0 Å². The Kier molecular flexibility index (Phi) is 4.28. The smallest absolute Gasteiger partial charge is 0.180 e. The summed E-state index contributed by atoms with van der Waals surface area (Å²) in [5, 5.41) is 2.59. The van der Waals surface area contributed by atoms with Gasteiger partial charge in [0, 0.05) is 24.9 Å². The first-order valence-electron chi connectivity index (χ1n) is 5.76. The number of nitrogens with zero attached hydrogens (tertiary/aromatic N) is 2. The largest absolute Gasteiger partial charge is 0.375 e. The third kappa shape index (κ3) is 3.78. The van der Waals surface area contributed by atoms with E-state index in [0.29, 0.717) is 5.13 Å². The predicted octanol–water partition coefficient (Wildman–Crippen LogP) is 2.54. The van der Waals surface area contributed by atoms with Crippen LogP contribution in [0.4, 0.5) is 9.52 Å². The minimum absolute atomic E-state index is 0.187. The van der Waals surface area contributed by atoms with E-state index >= 15 is 0 Å². The van der Waals surface area contributed by atoms with Gasteiger partial charge in [-0.25, -0.2) is 9.37 Å². The Bertz CT molecular complexity index is 512. The fraction of sp³-hybridized carbons (Fsp3) is 0.308. The van der Waals surface area contributed by atoms with Crippen molar-refractivity contribution in [3.05, 3.63) is 46.7 Å². The number of halogens is 1. The van der Waals surface area contributed by atoms with Crippen molar-refractivity contribution in [3.63, 3.8) is 0 Å². The number of thiazole rings is 1. The topological polar surface area (TPSA) is 42.1 Å². The summed E-state index contributed by atoms with van der Waals surface area (Å²) in [6.07, 6.45) is 0.861. The average Bonchev–Trinajstić information content (AvgIpc) is 2.73. The average molecular weight is 265 g/mol. The van der Waals surface area contributed by atoms with Crippen LogP contribution in [0.25, 0.3) is 0 Å². The zero-order chi connectivity index (χ0) is 13.0. The monoisotopic (exact) mass is 265 g/mol. The van der Waals surface area contributed by atoms with Crippen molar-refractivity contribution in [1.29, 1.82) is 0 Å². The summed E-state index contributed by atoms with van der Waals surface area (Å²) in [7, 11) is 2.01. The zero-order valence-corrected chi connectivity index (χ0v) is 11.1. The number of benzene rings is 1. The molecule has 0 saturated carbocycles. The second kappa shape index (κ2) is 5.93. The third-order valence-electron chi connectivity index (χ3n) is 2.66. The van der Waals surface area contributed by atoms with Gasteiger partial charge in [-0.05, 0) is 24.7 Å². The highest BCUT2D eigenvalue weighted by Crippen LogP contribution is 2.12. The molecule has 0 aliphatic carbocycles. The highest BCUT2D eigenvalue weighted by atomic mass is 32.1. The van der Waals surface area contributed by atoms with Gasteiger partial charge in [-0.1, -0.05) is 12.1 Å². The van der Waals surface area contributed by atoms with Crippen LogP contribution in [0.1, 0.15) is 11.3 Å². The number of nitrogens with two attached hydrogens (primary N) is 1. The van der Waals surface area contributed by atoms with Crippen molar-refractivity contribution >= 4 is 16.5 Å². The molecule has 1 aromatic carbocycles. The maximum Gasteiger partial charge on any atom is 0.180 e. The molecule has 1 heterocycles. The third-order valence-corrected chi connectivity index (χ3v) is 3.38. The predicted molar refractivity (Wildman–Crippen MR) is 73.0 cm³/mol. The lowest BCUT2D eigenvalue weighted by Crippen LogP contribution is -2.20. The lowest BCUT2D eigenvalue weighted by molar-refractivity contribution is 0.329. The summed E-state index contributed by atoms with van der Waals surface area (Å²) in [5.41, 5.74) is 7.58. The Hall–Kier alpha value is -1.46. The maximum atomic E-state index is 13.0. The van der Waals surface area contributed by atoms with Gasteiger partial charge >= 0.3 is 0 Å². The summed E-state index contributed by atoms with van der Waals surface area (Å²) in [6, 6.07) is 6.69. The molecule has 2 N–H and O–H groups in total. The summed E-state index contributed by atoms with van der Waals surface area (Å²) >= 11 is 1.46. The van der Waals surface area contributed by atoms with Gasteiger partial charge in [-0.2, -0.15) is 0 Å². The van der Waals surface area contributed by atoms with E-state index in [0.717, 1.165) is 30.8 Å². The maximum absolute atomic E-state index is 13.0. The Morgan fingerprint density at radius 2 is 2.28 bits per heavy atom. The number of nitrogen functional groups attached to an aromatic ring is 1. The van der Waals surface area contributed by atoms with Gasteiger partial charge in [-0.3, -0.25) is 0 Å². The molecule has 0 saturated heterocycles. The van der Waals surface area contributed by atoms with Crippen molar-refractivity contribution in [3.8, 4) is 0 Å². The van der Waals surface area contributed by atoms with E-state index in [-0.39, 0.29) is 5.82 Å². The van der Waals surface area contributed by atoms with Gasteiger partial charge in [0.05, 0.1) is 5.69 Å². The van der Waals surface area contributed by atoms with Crippen LogP contribution < -0.4 is 5.73 Å². The summed E-state index contributed by atoms with van der Waals surface area (Å²) in [4.78, 5) is 6.36. The Labute approximate surface area is 110 Å². The molecule has 2 aromatic rings. The molecule has 0 fully saturated rings. The van der Waals surface area contributed by atoms with Crippen LogP contribution in [0.3, 0.4) is 0 Å². The molecule has 0 aliphatic heterocycles. The fourth-order valence-corrected chi connectivity index (χ4v) is 2.37. The summed E-state index contributed by atoms with van der Waals surface area (Å²) in [6.45, 7) is 1.61. The lowest BCUT2D eigenvalue weighted by atomic mass is 10.2. The molecular weight excluding hydrogens is 249 g/mol. The molecule has 0 radical (unpaired) electrons. The number of aromatic nitrogens is 1. The van der Waals surface area contributed by atoms with Crippen LogP contribution in [0.2, 0.25) is 0 Å². The number of anilines is 1. The second-order valence-corrected chi connectivity index (χ2v) is 5.18. The molecule has 5 heteroatoms. The van der Waals surface area contributed by atoms with E-state index in [9.17, 15) is 4.39 Å². The molecule has 0 aliphatic rings. The van der Waals surface area contributed by atoms with E-state index < -0.39 is 0 Å². The normalized spacial score (nSPS) is 11.1. The molecule has 0 atom stereocenters. The molecule has 0 amide bonds. The molecule has 96 valence electrons. The minimum Gasteiger partial charge on any atom is -0.375 e. The molecule has 18 heavy (non-hydrogen) atoms. The van der Waals surface area contributed by atoms with E-state index in [1.165, 1.54) is 17.4 Å². The van der Waals surface area contributed by atoms with E-state index in [1.807, 2.05) is 18.5 Å². The summed E-state index contributed by atoms with van der Waals surface area (Å²) in [5.74, 6) is -0.187. The van der Waals surface area contributed by atoms with Gasteiger partial charge in [0.1, 0.15) is 5.82 Å². The van der Waals surface area contributed by atoms with Crippen LogP contribution >= 0.6 is 11.3 Å². The number of hydrogen-bond donors (Lipinski definition) is 1. The van der Waals surface area contributed by atoms with Crippen molar-refractivity contribution in [2.75, 3.05) is 19.3 Å².